The fraction of sp³-hybridized carbons (Fsp3) is 0.593. The first-order valence-corrected chi connectivity index (χ1v) is 12.0. The van der Waals surface area contributed by atoms with E-state index in [4.69, 9.17) is 4.74 Å². The molecule has 0 aliphatic rings. The molecule has 0 unspecified atom stereocenters. The van der Waals surface area contributed by atoms with Crippen molar-refractivity contribution in [3.63, 3.8) is 0 Å². The van der Waals surface area contributed by atoms with Gasteiger partial charge < -0.3 is 25.4 Å². The lowest BCUT2D eigenvalue weighted by molar-refractivity contribution is -0.141. The van der Waals surface area contributed by atoms with E-state index in [1.165, 1.54) is 11.8 Å². The monoisotopic (exact) mass is 489 g/mol. The number of aliphatic carboxylic acids is 1. The first-order valence-electron chi connectivity index (χ1n) is 12.0. The van der Waals surface area contributed by atoms with Gasteiger partial charge in [-0.2, -0.15) is 0 Å². The molecule has 0 bridgehead atoms. The average Bonchev–Trinajstić information content (AvgIpc) is 2.78. The van der Waals surface area contributed by atoms with Crippen molar-refractivity contribution in [3.8, 4) is 0 Å². The maximum atomic E-state index is 13.6. The maximum Gasteiger partial charge on any atom is 0.331 e. The third-order valence-electron chi connectivity index (χ3n) is 6.05. The first kappa shape index (κ1) is 30.3. The van der Waals surface area contributed by atoms with Crippen LogP contribution in [0.15, 0.2) is 42.0 Å². The number of amides is 2. The molecule has 0 radical (unpaired) electrons. The van der Waals surface area contributed by atoms with Gasteiger partial charge in [0.25, 0.3) is 0 Å². The zero-order chi connectivity index (χ0) is 26.9. The van der Waals surface area contributed by atoms with Gasteiger partial charge in [-0.3, -0.25) is 9.59 Å². The van der Waals surface area contributed by atoms with Gasteiger partial charge in [-0.15, -0.1) is 0 Å². The number of rotatable bonds is 12. The molecule has 0 saturated heterocycles. The van der Waals surface area contributed by atoms with Crippen molar-refractivity contribution in [2.75, 3.05) is 14.1 Å². The Morgan fingerprint density at radius 1 is 1.11 bits per heavy atom. The smallest absolute Gasteiger partial charge is 0.331 e. The highest BCUT2D eigenvalue weighted by molar-refractivity contribution is 5.91. The normalized spacial score (nSPS) is 15.8. The minimum absolute atomic E-state index is 0.0222. The fourth-order valence-corrected chi connectivity index (χ4v) is 3.79. The summed E-state index contributed by atoms with van der Waals surface area (Å²) in [6, 6.07) is 7.77. The SMILES string of the molecule is CN[C@H](C(=O)N[C@H](C(=O)N(C)[C@H](/C=C(\C)C(=O)O)C(C)C)C(C)(C)C)[C@@H](C)OCc1ccccc1. The number of hydrogen-bond acceptors (Lipinski definition) is 5. The van der Waals surface area contributed by atoms with Crippen molar-refractivity contribution in [3.05, 3.63) is 47.5 Å². The zero-order valence-electron chi connectivity index (χ0n) is 22.6. The summed E-state index contributed by atoms with van der Waals surface area (Å²) < 4.78 is 5.93. The number of hydrogen-bond donors (Lipinski definition) is 3. The van der Waals surface area contributed by atoms with Gasteiger partial charge in [0, 0.05) is 12.6 Å². The molecule has 0 saturated carbocycles. The molecular formula is C27H43N3O5. The molecule has 35 heavy (non-hydrogen) atoms. The van der Waals surface area contributed by atoms with E-state index < -0.39 is 35.6 Å². The Balaban J connectivity index is 3.06. The number of carboxylic acid groups (broad SMARTS) is 1. The number of benzene rings is 1. The van der Waals surface area contributed by atoms with Crippen molar-refractivity contribution in [1.82, 2.24) is 15.5 Å². The topological polar surface area (TPSA) is 108 Å². The van der Waals surface area contributed by atoms with Crippen LogP contribution in [-0.4, -0.2) is 66.1 Å². The molecule has 196 valence electrons. The molecule has 8 heteroatoms. The second kappa shape index (κ2) is 13.4. The standard InChI is InChI=1S/C27H43N3O5/c1-17(2)21(15-18(3)26(33)34)30(9)25(32)23(27(5,6)7)29-24(31)22(28-8)19(4)35-16-20-13-11-10-12-14-20/h10-15,17,19,21-23,28H,16H2,1-9H3,(H,29,31)(H,33,34)/b18-15+/t19-,21-,22+,23-/m1/s1. The summed E-state index contributed by atoms with van der Waals surface area (Å²) in [6.45, 7) is 13.2. The van der Waals surface area contributed by atoms with Crippen molar-refractivity contribution in [1.29, 1.82) is 0 Å². The van der Waals surface area contributed by atoms with Crippen LogP contribution in [-0.2, 0) is 25.7 Å². The molecule has 4 atom stereocenters. The van der Waals surface area contributed by atoms with E-state index >= 15 is 0 Å². The van der Waals surface area contributed by atoms with Crippen LogP contribution in [0.5, 0.6) is 0 Å². The lowest BCUT2D eigenvalue weighted by atomic mass is 9.84. The molecule has 0 aromatic heterocycles. The van der Waals surface area contributed by atoms with Crippen molar-refractivity contribution < 1.29 is 24.2 Å². The van der Waals surface area contributed by atoms with Gasteiger partial charge in [0.05, 0.1) is 18.8 Å². The van der Waals surface area contributed by atoms with Crippen LogP contribution in [0.3, 0.4) is 0 Å². The van der Waals surface area contributed by atoms with Crippen LogP contribution in [0, 0.1) is 11.3 Å². The Morgan fingerprint density at radius 2 is 1.69 bits per heavy atom. The van der Waals surface area contributed by atoms with Gasteiger partial charge in [-0.05, 0) is 37.8 Å². The van der Waals surface area contributed by atoms with Crippen LogP contribution in [0.1, 0.15) is 54.0 Å². The number of carboxylic acids is 1. The number of nitrogens with one attached hydrogen (secondary N) is 2. The van der Waals surface area contributed by atoms with Gasteiger partial charge in [0.15, 0.2) is 0 Å². The van der Waals surface area contributed by atoms with E-state index in [-0.39, 0.29) is 23.3 Å². The Kier molecular flexibility index (Phi) is 11.6. The lowest BCUT2D eigenvalue weighted by Crippen LogP contribution is -2.60. The van der Waals surface area contributed by atoms with Crippen molar-refractivity contribution in [2.45, 2.75) is 79.3 Å². The van der Waals surface area contributed by atoms with Crippen molar-refractivity contribution in [2.24, 2.45) is 11.3 Å². The van der Waals surface area contributed by atoms with Gasteiger partial charge in [0.2, 0.25) is 11.8 Å². The molecule has 8 nitrogen and oxygen atoms in total. The Hall–Kier alpha value is -2.71. The van der Waals surface area contributed by atoms with Crippen LogP contribution < -0.4 is 10.6 Å². The number of likely N-dealkylation sites (N-methyl/N-ethyl adjacent to an activating group) is 2. The van der Waals surface area contributed by atoms with Crippen LogP contribution in [0.25, 0.3) is 0 Å². The van der Waals surface area contributed by atoms with Gasteiger partial charge in [-0.1, -0.05) is 71.0 Å². The lowest BCUT2D eigenvalue weighted by Gasteiger charge is -2.38. The zero-order valence-corrected chi connectivity index (χ0v) is 22.6. The molecule has 0 spiro atoms. The average molecular weight is 490 g/mol. The van der Waals surface area contributed by atoms with Crippen LogP contribution in [0.4, 0.5) is 0 Å². The number of ether oxygens (including phenoxy) is 1. The largest absolute Gasteiger partial charge is 0.478 e. The highest BCUT2D eigenvalue weighted by Gasteiger charge is 2.38. The molecule has 1 aromatic rings. The first-order chi connectivity index (χ1) is 16.2. The molecule has 0 fully saturated rings. The van der Waals surface area contributed by atoms with Crippen LogP contribution in [0.2, 0.25) is 0 Å². The Bertz CT molecular complexity index is 877. The number of nitrogens with zero attached hydrogens (tertiary/aromatic N) is 1. The van der Waals surface area contributed by atoms with E-state index in [2.05, 4.69) is 10.6 Å². The Morgan fingerprint density at radius 3 is 2.14 bits per heavy atom. The summed E-state index contributed by atoms with van der Waals surface area (Å²) in [6.07, 6.45) is 1.14. The number of carbonyl (C=O) groups excluding carboxylic acids is 2. The maximum absolute atomic E-state index is 13.6. The third-order valence-corrected chi connectivity index (χ3v) is 6.05. The summed E-state index contributed by atoms with van der Waals surface area (Å²) in [7, 11) is 3.33. The van der Waals surface area contributed by atoms with E-state index in [0.29, 0.717) is 6.61 Å². The summed E-state index contributed by atoms with van der Waals surface area (Å²) in [5, 5.41) is 15.2. The molecule has 0 aliphatic carbocycles. The predicted octanol–water partition coefficient (Wildman–Crippen LogP) is 3.22. The van der Waals surface area contributed by atoms with E-state index in [1.54, 1.807) is 20.2 Å². The molecular weight excluding hydrogens is 446 g/mol. The second-order valence-electron chi connectivity index (χ2n) is 10.4. The molecule has 2 amide bonds. The van der Waals surface area contributed by atoms with Gasteiger partial charge in [0.1, 0.15) is 12.1 Å². The summed E-state index contributed by atoms with van der Waals surface area (Å²) >= 11 is 0. The van der Waals surface area contributed by atoms with E-state index in [9.17, 15) is 19.5 Å². The minimum atomic E-state index is -1.03. The second-order valence-corrected chi connectivity index (χ2v) is 10.4. The fourth-order valence-electron chi connectivity index (χ4n) is 3.79. The third kappa shape index (κ3) is 9.11. The molecule has 3 N–H and O–H groups in total. The summed E-state index contributed by atoms with van der Waals surface area (Å²) in [5.41, 5.74) is 0.586. The summed E-state index contributed by atoms with van der Waals surface area (Å²) in [4.78, 5) is 39.7. The highest BCUT2D eigenvalue weighted by Crippen LogP contribution is 2.24. The van der Waals surface area contributed by atoms with Gasteiger partial charge in [-0.25, -0.2) is 4.79 Å². The quantitative estimate of drug-likeness (QED) is 0.389. The molecule has 1 aromatic carbocycles. The van der Waals surface area contributed by atoms with E-state index in [0.717, 1.165) is 5.56 Å². The van der Waals surface area contributed by atoms with Gasteiger partial charge >= 0.3 is 5.97 Å². The van der Waals surface area contributed by atoms with Crippen molar-refractivity contribution >= 4 is 17.8 Å². The van der Waals surface area contributed by atoms with Crippen LogP contribution >= 0.6 is 0 Å². The van der Waals surface area contributed by atoms with E-state index in [1.807, 2.05) is 71.9 Å². The minimum Gasteiger partial charge on any atom is -0.478 e. The molecule has 1 rings (SSSR count). The number of carbonyl (C=O) groups is 3. The summed E-state index contributed by atoms with van der Waals surface area (Å²) in [5.74, 6) is -1.68. The Labute approximate surface area is 210 Å². The highest BCUT2D eigenvalue weighted by atomic mass is 16.5. The molecule has 0 heterocycles. The predicted molar refractivity (Wildman–Crippen MR) is 138 cm³/mol. The molecule has 0 aliphatic heterocycles.